The van der Waals surface area contributed by atoms with Gasteiger partial charge >= 0.3 is 6.36 Å². The van der Waals surface area contributed by atoms with Crippen molar-refractivity contribution in [2.75, 3.05) is 0 Å². The van der Waals surface area contributed by atoms with E-state index >= 15 is 0 Å². The topological polar surface area (TPSA) is 9.23 Å². The molecule has 1 aliphatic carbocycles. The van der Waals surface area contributed by atoms with Crippen LogP contribution in [0.15, 0.2) is 60.7 Å². The van der Waals surface area contributed by atoms with Crippen LogP contribution in [0.5, 0.6) is 5.75 Å². The van der Waals surface area contributed by atoms with Gasteiger partial charge in [-0.25, -0.2) is 0 Å². The van der Waals surface area contributed by atoms with Crippen LogP contribution >= 0.6 is 0 Å². The van der Waals surface area contributed by atoms with Gasteiger partial charge in [0.25, 0.3) is 0 Å². The number of benzene rings is 3. The van der Waals surface area contributed by atoms with Crippen LogP contribution < -0.4 is 4.74 Å². The highest BCUT2D eigenvalue weighted by atomic mass is 19.4. The lowest BCUT2D eigenvalue weighted by molar-refractivity contribution is -0.274. The maximum Gasteiger partial charge on any atom is 0.573 e. The zero-order chi connectivity index (χ0) is 21.8. The molecule has 4 heteroatoms. The molecule has 0 radical (unpaired) electrons. The van der Waals surface area contributed by atoms with E-state index in [1.165, 1.54) is 72.1 Å². The summed E-state index contributed by atoms with van der Waals surface area (Å²) in [5.74, 6) is -0.202. The molecular weight excluding hydrogens is 397 g/mol. The number of alkyl halides is 3. The Bertz CT molecular complexity index is 1040. The predicted octanol–water partition coefficient (Wildman–Crippen LogP) is 8.34. The maximum atomic E-state index is 12.4. The third kappa shape index (κ3) is 5.30. The molecule has 1 nitrogen and oxygen atoms in total. The summed E-state index contributed by atoms with van der Waals surface area (Å²) in [6.07, 6.45) is 3.80. The molecule has 0 bridgehead atoms. The van der Waals surface area contributed by atoms with Gasteiger partial charge in [0, 0.05) is 0 Å². The standard InChI is InChI=1S/C27H27F3O/c1-2-3-4-5-6-7-19-8-14-25-22(16-19)18-23-17-21(11-15-26(23)25)20-9-12-24(13-10-20)31-27(28,29)30/h8-17H,2-7,18H2,1H3. The fraction of sp³-hybridized carbons (Fsp3) is 0.333. The van der Waals surface area contributed by atoms with Crippen LogP contribution in [0.1, 0.15) is 55.7 Å². The van der Waals surface area contributed by atoms with Crippen molar-refractivity contribution >= 4 is 0 Å². The summed E-state index contributed by atoms with van der Waals surface area (Å²) in [5.41, 5.74) is 8.47. The molecule has 0 fully saturated rings. The molecule has 0 atom stereocenters. The minimum atomic E-state index is -4.67. The molecule has 3 aromatic carbocycles. The second-order valence-electron chi connectivity index (χ2n) is 8.28. The van der Waals surface area contributed by atoms with Crippen molar-refractivity contribution in [3.8, 4) is 28.0 Å². The summed E-state index contributed by atoms with van der Waals surface area (Å²) in [5, 5.41) is 0. The molecule has 0 unspecified atom stereocenters. The molecule has 3 aromatic rings. The number of hydrogen-bond donors (Lipinski definition) is 0. The molecule has 31 heavy (non-hydrogen) atoms. The van der Waals surface area contributed by atoms with Crippen molar-refractivity contribution in [3.63, 3.8) is 0 Å². The van der Waals surface area contributed by atoms with Crippen molar-refractivity contribution in [1.29, 1.82) is 0 Å². The number of unbranched alkanes of at least 4 members (excludes halogenated alkanes) is 4. The highest BCUT2D eigenvalue weighted by Crippen LogP contribution is 2.39. The number of aryl methyl sites for hydroxylation is 1. The lowest BCUT2D eigenvalue weighted by Crippen LogP contribution is -2.16. The van der Waals surface area contributed by atoms with E-state index in [1.54, 1.807) is 12.1 Å². The molecule has 0 spiro atoms. The number of ether oxygens (including phenoxy) is 1. The molecule has 0 N–H and O–H groups in total. The van der Waals surface area contributed by atoms with E-state index in [-0.39, 0.29) is 5.75 Å². The highest BCUT2D eigenvalue weighted by Gasteiger charge is 2.31. The lowest BCUT2D eigenvalue weighted by Gasteiger charge is -2.10. The van der Waals surface area contributed by atoms with E-state index in [0.29, 0.717) is 0 Å². The summed E-state index contributed by atoms with van der Waals surface area (Å²) >= 11 is 0. The number of fused-ring (bicyclic) bond motifs is 3. The van der Waals surface area contributed by atoms with Crippen LogP contribution in [0, 0.1) is 0 Å². The third-order valence-electron chi connectivity index (χ3n) is 5.94. The quantitative estimate of drug-likeness (QED) is 0.258. The Morgan fingerprint density at radius 2 is 1.39 bits per heavy atom. The smallest absolute Gasteiger partial charge is 0.406 e. The summed E-state index contributed by atoms with van der Waals surface area (Å²) in [7, 11) is 0. The van der Waals surface area contributed by atoms with Gasteiger partial charge in [-0.1, -0.05) is 81.1 Å². The SMILES string of the molecule is CCCCCCCc1ccc2c(c1)Cc1cc(-c3ccc(OC(F)(F)F)cc3)ccc1-2. The molecule has 1 aliphatic rings. The minimum Gasteiger partial charge on any atom is -0.406 e. The molecule has 0 saturated carbocycles. The molecule has 0 amide bonds. The average molecular weight is 425 g/mol. The van der Waals surface area contributed by atoms with E-state index < -0.39 is 6.36 Å². The van der Waals surface area contributed by atoms with Gasteiger partial charge in [-0.05, 0) is 70.3 Å². The van der Waals surface area contributed by atoms with Gasteiger partial charge in [0.05, 0.1) is 0 Å². The number of rotatable bonds is 8. The van der Waals surface area contributed by atoms with E-state index in [9.17, 15) is 13.2 Å². The zero-order valence-electron chi connectivity index (χ0n) is 17.8. The first-order chi connectivity index (χ1) is 14.9. The Labute approximate surface area is 181 Å². The normalized spacial score (nSPS) is 12.5. The second kappa shape index (κ2) is 9.17. The Hall–Kier alpha value is -2.75. The predicted molar refractivity (Wildman–Crippen MR) is 119 cm³/mol. The lowest BCUT2D eigenvalue weighted by atomic mass is 9.98. The van der Waals surface area contributed by atoms with Gasteiger partial charge in [-0.3, -0.25) is 0 Å². The minimum absolute atomic E-state index is 0.202. The molecule has 0 aliphatic heterocycles. The van der Waals surface area contributed by atoms with Gasteiger partial charge < -0.3 is 4.74 Å². The first-order valence-corrected chi connectivity index (χ1v) is 11.0. The number of hydrogen-bond acceptors (Lipinski definition) is 1. The van der Waals surface area contributed by atoms with Gasteiger partial charge in [-0.15, -0.1) is 13.2 Å². The Kier molecular flexibility index (Phi) is 6.35. The molecule has 4 rings (SSSR count). The van der Waals surface area contributed by atoms with E-state index in [2.05, 4.69) is 42.0 Å². The van der Waals surface area contributed by atoms with Crippen LogP contribution in [0.3, 0.4) is 0 Å². The Morgan fingerprint density at radius 3 is 2.10 bits per heavy atom. The van der Waals surface area contributed by atoms with E-state index in [1.807, 2.05) is 6.07 Å². The fourth-order valence-electron chi connectivity index (χ4n) is 4.38. The molecule has 0 aromatic heterocycles. The average Bonchev–Trinajstić information content (AvgIpc) is 3.10. The van der Waals surface area contributed by atoms with Crippen LogP contribution in [-0.4, -0.2) is 6.36 Å². The van der Waals surface area contributed by atoms with Crippen LogP contribution in [-0.2, 0) is 12.8 Å². The summed E-state index contributed by atoms with van der Waals surface area (Å²) in [6.45, 7) is 2.24. The molecule has 0 heterocycles. The molecule has 0 saturated heterocycles. The van der Waals surface area contributed by atoms with Crippen molar-refractivity contribution in [2.45, 2.75) is 58.2 Å². The van der Waals surface area contributed by atoms with Gasteiger partial charge in [0.1, 0.15) is 5.75 Å². The largest absolute Gasteiger partial charge is 0.573 e. The Morgan fingerprint density at radius 1 is 0.742 bits per heavy atom. The monoisotopic (exact) mass is 424 g/mol. The fourth-order valence-corrected chi connectivity index (χ4v) is 4.38. The van der Waals surface area contributed by atoms with E-state index in [4.69, 9.17) is 0 Å². The first-order valence-electron chi connectivity index (χ1n) is 11.0. The summed E-state index contributed by atoms with van der Waals surface area (Å²) in [4.78, 5) is 0. The number of halogens is 3. The zero-order valence-corrected chi connectivity index (χ0v) is 17.8. The van der Waals surface area contributed by atoms with Crippen LogP contribution in [0.25, 0.3) is 22.3 Å². The van der Waals surface area contributed by atoms with Crippen molar-refractivity contribution in [1.82, 2.24) is 0 Å². The molecular formula is C27H27F3O. The van der Waals surface area contributed by atoms with Gasteiger partial charge in [0.15, 0.2) is 0 Å². The van der Waals surface area contributed by atoms with E-state index in [0.717, 1.165) is 24.0 Å². The van der Waals surface area contributed by atoms with Crippen molar-refractivity contribution in [2.24, 2.45) is 0 Å². The van der Waals surface area contributed by atoms with Crippen molar-refractivity contribution in [3.05, 3.63) is 77.4 Å². The second-order valence-corrected chi connectivity index (χ2v) is 8.28. The maximum absolute atomic E-state index is 12.4. The summed E-state index contributed by atoms with van der Waals surface area (Å²) in [6, 6.07) is 19.2. The van der Waals surface area contributed by atoms with Gasteiger partial charge in [-0.2, -0.15) is 0 Å². The summed E-state index contributed by atoms with van der Waals surface area (Å²) < 4.78 is 41.1. The van der Waals surface area contributed by atoms with Crippen molar-refractivity contribution < 1.29 is 17.9 Å². The van der Waals surface area contributed by atoms with Crippen LogP contribution in [0.4, 0.5) is 13.2 Å². The first kappa shape index (κ1) is 21.5. The Balaban J connectivity index is 1.46. The highest BCUT2D eigenvalue weighted by molar-refractivity contribution is 5.80. The van der Waals surface area contributed by atoms with Crippen LogP contribution in [0.2, 0.25) is 0 Å². The van der Waals surface area contributed by atoms with Gasteiger partial charge in [0.2, 0.25) is 0 Å². The molecule has 162 valence electrons. The third-order valence-corrected chi connectivity index (χ3v) is 5.94.